The Morgan fingerprint density at radius 1 is 1.27 bits per heavy atom. The first-order valence-corrected chi connectivity index (χ1v) is 5.11. The Morgan fingerprint density at radius 3 is 2.18 bits per heavy atom. The molecule has 1 aliphatic heterocycles. The van der Waals surface area contributed by atoms with E-state index in [2.05, 4.69) is 29.0 Å². The van der Waals surface area contributed by atoms with Gasteiger partial charge in [-0.1, -0.05) is 18.5 Å². The van der Waals surface area contributed by atoms with Crippen LogP contribution in [0, 0.1) is 0 Å². The van der Waals surface area contributed by atoms with Crippen LogP contribution in [0.15, 0.2) is 12.3 Å². The van der Waals surface area contributed by atoms with Crippen LogP contribution in [0.3, 0.4) is 0 Å². The van der Waals surface area contributed by atoms with Crippen LogP contribution in [0.4, 0.5) is 0 Å². The van der Waals surface area contributed by atoms with Crippen molar-refractivity contribution in [3.63, 3.8) is 0 Å². The Bertz CT molecular complexity index is 139. The fourth-order valence-electron chi connectivity index (χ4n) is 1.25. The quantitative estimate of drug-likeness (QED) is 0.582. The van der Waals surface area contributed by atoms with Crippen LogP contribution in [0.25, 0.3) is 0 Å². The summed E-state index contributed by atoms with van der Waals surface area (Å²) in [6.45, 7) is 10.6. The van der Waals surface area contributed by atoms with Crippen molar-refractivity contribution in [2.45, 2.75) is 6.92 Å². The van der Waals surface area contributed by atoms with Gasteiger partial charge in [0, 0.05) is 31.9 Å². The molecular weight excluding hydrogens is 156 g/mol. The molecule has 0 aromatic rings. The molecule has 0 aliphatic carbocycles. The highest BCUT2D eigenvalue weighted by atomic mass is 32.2. The van der Waals surface area contributed by atoms with Crippen LogP contribution in [0.1, 0.15) is 6.92 Å². The van der Waals surface area contributed by atoms with E-state index in [0.717, 1.165) is 26.2 Å². The Balaban J connectivity index is 2.30. The summed E-state index contributed by atoms with van der Waals surface area (Å²) < 4.78 is 2.39. The summed E-state index contributed by atoms with van der Waals surface area (Å²) in [4.78, 5) is 2.34. The second kappa shape index (κ2) is 4.02. The molecule has 0 radical (unpaired) electrons. The van der Waals surface area contributed by atoms with Gasteiger partial charge in [0.05, 0.1) is 0 Å². The average Bonchev–Trinajstić information content (AvgIpc) is 2.05. The second-order valence-electron chi connectivity index (χ2n) is 2.83. The maximum atomic E-state index is 3.93. The first-order chi connectivity index (χ1) is 5.24. The highest BCUT2D eigenvalue weighted by Gasteiger charge is 2.14. The van der Waals surface area contributed by atoms with Gasteiger partial charge in [-0.3, -0.25) is 0 Å². The van der Waals surface area contributed by atoms with Crippen molar-refractivity contribution in [3.05, 3.63) is 12.3 Å². The van der Waals surface area contributed by atoms with Gasteiger partial charge >= 0.3 is 0 Å². The molecule has 1 rings (SSSR count). The fraction of sp³-hybridized carbons (Fsp3) is 0.750. The molecule has 0 unspecified atom stereocenters. The van der Waals surface area contributed by atoms with Crippen LogP contribution in [-0.4, -0.2) is 41.6 Å². The Labute approximate surface area is 73.4 Å². The second-order valence-corrected chi connectivity index (χ2v) is 3.72. The lowest BCUT2D eigenvalue weighted by molar-refractivity contribution is 0.242. The minimum Gasteiger partial charge on any atom is -0.373 e. The molecule has 0 aromatic heterocycles. The Hall–Kier alpha value is -0.150. The van der Waals surface area contributed by atoms with E-state index in [1.165, 1.54) is 5.70 Å². The van der Waals surface area contributed by atoms with Crippen molar-refractivity contribution < 1.29 is 0 Å². The lowest BCUT2D eigenvalue weighted by Gasteiger charge is -2.34. The van der Waals surface area contributed by atoms with E-state index in [1.807, 2.05) is 11.9 Å². The molecule has 11 heavy (non-hydrogen) atoms. The van der Waals surface area contributed by atoms with E-state index in [-0.39, 0.29) is 0 Å². The summed E-state index contributed by atoms with van der Waals surface area (Å²) in [6, 6.07) is 0. The average molecular weight is 172 g/mol. The van der Waals surface area contributed by atoms with Crippen LogP contribution in [-0.2, 0) is 0 Å². The third kappa shape index (κ3) is 2.42. The normalized spacial score (nSPS) is 20.4. The van der Waals surface area contributed by atoms with Crippen LogP contribution in [0.2, 0.25) is 0 Å². The minimum atomic E-state index is 1.14. The van der Waals surface area contributed by atoms with E-state index in [1.54, 1.807) is 0 Å². The lowest BCUT2D eigenvalue weighted by atomic mass is 10.3. The molecular formula is C8H16N2S. The number of piperazine rings is 1. The highest BCUT2D eigenvalue weighted by molar-refractivity contribution is 7.96. The third-order valence-corrected chi connectivity index (χ3v) is 2.92. The first-order valence-electron chi connectivity index (χ1n) is 3.93. The molecule has 0 bridgehead atoms. The highest BCUT2D eigenvalue weighted by Crippen LogP contribution is 2.12. The molecule has 2 nitrogen and oxygen atoms in total. The van der Waals surface area contributed by atoms with Gasteiger partial charge in [-0.15, -0.1) is 0 Å². The van der Waals surface area contributed by atoms with Crippen LogP contribution < -0.4 is 0 Å². The molecule has 3 heteroatoms. The minimum absolute atomic E-state index is 1.14. The SMILES string of the molecule is C=C(C)N1CCN(SC)CC1. The Kier molecular flexibility index (Phi) is 3.27. The molecule has 1 fully saturated rings. The topological polar surface area (TPSA) is 6.48 Å². The summed E-state index contributed by atoms with van der Waals surface area (Å²) in [7, 11) is 0. The Morgan fingerprint density at radius 2 is 1.82 bits per heavy atom. The van der Waals surface area contributed by atoms with Crippen molar-refractivity contribution in [1.29, 1.82) is 0 Å². The van der Waals surface area contributed by atoms with Gasteiger partial charge in [0.1, 0.15) is 0 Å². The number of nitrogens with zero attached hydrogens (tertiary/aromatic N) is 2. The predicted molar refractivity (Wildman–Crippen MR) is 51.5 cm³/mol. The summed E-state index contributed by atoms with van der Waals surface area (Å²) in [5.41, 5.74) is 1.20. The van der Waals surface area contributed by atoms with Crippen molar-refractivity contribution in [2.75, 3.05) is 32.4 Å². The standard InChI is InChI=1S/C8H16N2S/c1-8(2)9-4-6-10(11-3)7-5-9/h1,4-7H2,2-3H3. The largest absolute Gasteiger partial charge is 0.373 e. The maximum absolute atomic E-state index is 3.93. The monoisotopic (exact) mass is 172 g/mol. The number of rotatable bonds is 2. The van der Waals surface area contributed by atoms with Crippen molar-refractivity contribution in [3.8, 4) is 0 Å². The molecule has 0 atom stereocenters. The van der Waals surface area contributed by atoms with E-state index >= 15 is 0 Å². The summed E-state index contributed by atoms with van der Waals surface area (Å²) in [5, 5.41) is 0. The molecule has 64 valence electrons. The van der Waals surface area contributed by atoms with Crippen molar-refractivity contribution in [1.82, 2.24) is 9.21 Å². The smallest absolute Gasteiger partial charge is 0.0312 e. The van der Waals surface area contributed by atoms with Crippen LogP contribution >= 0.6 is 11.9 Å². The summed E-state index contributed by atoms with van der Waals surface area (Å²) >= 11 is 1.84. The van der Waals surface area contributed by atoms with Gasteiger partial charge in [0.25, 0.3) is 0 Å². The molecule has 0 saturated carbocycles. The lowest BCUT2D eigenvalue weighted by Crippen LogP contribution is -2.41. The first kappa shape index (κ1) is 8.94. The van der Waals surface area contributed by atoms with Crippen molar-refractivity contribution >= 4 is 11.9 Å². The van der Waals surface area contributed by atoms with Gasteiger partial charge in [-0.2, -0.15) is 0 Å². The summed E-state index contributed by atoms with van der Waals surface area (Å²) in [5.74, 6) is 0. The number of allylic oxidation sites excluding steroid dienone is 1. The molecule has 0 spiro atoms. The maximum Gasteiger partial charge on any atom is 0.0312 e. The van der Waals surface area contributed by atoms with Gasteiger partial charge in [-0.05, 0) is 13.2 Å². The van der Waals surface area contributed by atoms with E-state index in [9.17, 15) is 0 Å². The number of hydrogen-bond acceptors (Lipinski definition) is 3. The molecule has 1 saturated heterocycles. The predicted octanol–water partition coefficient (Wildman–Crippen LogP) is 1.42. The molecule has 1 aliphatic rings. The molecule has 0 amide bonds. The number of hydrogen-bond donors (Lipinski definition) is 0. The summed E-state index contributed by atoms with van der Waals surface area (Å²) in [6.07, 6.45) is 2.14. The van der Waals surface area contributed by atoms with Crippen LogP contribution in [0.5, 0.6) is 0 Å². The van der Waals surface area contributed by atoms with Crippen molar-refractivity contribution in [2.24, 2.45) is 0 Å². The van der Waals surface area contributed by atoms with E-state index < -0.39 is 0 Å². The zero-order chi connectivity index (χ0) is 8.27. The van der Waals surface area contributed by atoms with Gasteiger partial charge in [0.2, 0.25) is 0 Å². The third-order valence-electron chi connectivity index (χ3n) is 2.04. The van der Waals surface area contributed by atoms with Gasteiger partial charge < -0.3 is 4.90 Å². The van der Waals surface area contributed by atoms with E-state index in [4.69, 9.17) is 0 Å². The fourth-order valence-corrected chi connectivity index (χ4v) is 1.78. The zero-order valence-electron chi connectivity index (χ0n) is 7.34. The molecule has 0 aromatic carbocycles. The molecule has 1 heterocycles. The van der Waals surface area contributed by atoms with Gasteiger partial charge in [0.15, 0.2) is 0 Å². The van der Waals surface area contributed by atoms with E-state index in [0.29, 0.717) is 0 Å². The molecule has 0 N–H and O–H groups in total. The zero-order valence-corrected chi connectivity index (χ0v) is 8.15. The van der Waals surface area contributed by atoms with Gasteiger partial charge in [-0.25, -0.2) is 4.31 Å².